The van der Waals surface area contributed by atoms with Crippen LogP contribution in [0, 0.1) is 20.8 Å². The number of benzene rings is 1. The molecule has 0 unspecified atom stereocenters. The van der Waals surface area contributed by atoms with E-state index < -0.39 is 0 Å². The van der Waals surface area contributed by atoms with Gasteiger partial charge in [0.25, 0.3) is 0 Å². The van der Waals surface area contributed by atoms with Crippen LogP contribution in [0.25, 0.3) is 11.3 Å². The van der Waals surface area contributed by atoms with Crippen molar-refractivity contribution in [2.24, 2.45) is 0 Å². The molecule has 2 rings (SSSR count). The van der Waals surface area contributed by atoms with Crippen LogP contribution in [-0.4, -0.2) is 17.1 Å². The second-order valence-electron chi connectivity index (χ2n) is 4.20. The van der Waals surface area contributed by atoms with Crippen LogP contribution in [0.2, 0.25) is 0 Å². The number of hydrogen-bond donors (Lipinski definition) is 2. The molecule has 1 aromatic heterocycles. The predicted octanol–water partition coefficient (Wildman–Crippen LogP) is 2.59. The predicted molar refractivity (Wildman–Crippen MR) is 69.2 cm³/mol. The Morgan fingerprint density at radius 1 is 1.24 bits per heavy atom. The fourth-order valence-electron chi connectivity index (χ4n) is 2.14. The Morgan fingerprint density at radius 3 is 2.47 bits per heavy atom. The summed E-state index contributed by atoms with van der Waals surface area (Å²) < 4.78 is 5.35. The molecule has 0 saturated heterocycles. The first-order valence-corrected chi connectivity index (χ1v) is 5.50. The van der Waals surface area contributed by atoms with Crippen molar-refractivity contribution in [2.45, 2.75) is 20.8 Å². The summed E-state index contributed by atoms with van der Waals surface area (Å²) in [6.45, 7) is 6.19. The lowest BCUT2D eigenvalue weighted by Gasteiger charge is -2.14. The molecule has 0 spiro atoms. The number of nitrogens with one attached hydrogen (secondary N) is 1. The molecule has 4 nitrogen and oxygen atoms in total. The molecular formula is C13H17N3O. The van der Waals surface area contributed by atoms with Gasteiger partial charge in [-0.3, -0.25) is 0 Å². The zero-order chi connectivity index (χ0) is 12.6. The zero-order valence-corrected chi connectivity index (χ0v) is 10.6. The minimum atomic E-state index is 0.437. The lowest BCUT2D eigenvalue weighted by atomic mass is 9.95. The van der Waals surface area contributed by atoms with Crippen molar-refractivity contribution in [3.05, 3.63) is 29.0 Å². The standard InChI is InChI=1S/C13H17N3O/c1-7-5-11(17-4)8(2)9(3)12(7)10-6-15-13(14)16-10/h5-6H,1-4H3,(H3,14,15,16). The number of aromatic amines is 1. The molecule has 0 aliphatic heterocycles. The number of methoxy groups -OCH3 is 1. The van der Waals surface area contributed by atoms with Crippen LogP contribution in [0.15, 0.2) is 12.3 Å². The van der Waals surface area contributed by atoms with Gasteiger partial charge in [-0.15, -0.1) is 0 Å². The molecule has 0 fully saturated rings. The topological polar surface area (TPSA) is 63.9 Å². The number of nitrogen functional groups attached to an aromatic ring is 1. The van der Waals surface area contributed by atoms with E-state index in [0.717, 1.165) is 28.1 Å². The summed E-state index contributed by atoms with van der Waals surface area (Å²) in [5, 5.41) is 0. The summed E-state index contributed by atoms with van der Waals surface area (Å²) in [7, 11) is 1.69. The molecule has 0 atom stereocenters. The molecule has 0 aliphatic rings. The van der Waals surface area contributed by atoms with E-state index in [1.807, 2.05) is 6.07 Å². The van der Waals surface area contributed by atoms with Gasteiger partial charge < -0.3 is 15.5 Å². The number of anilines is 1. The Kier molecular flexibility index (Phi) is 2.79. The third-order valence-electron chi connectivity index (χ3n) is 3.13. The lowest BCUT2D eigenvalue weighted by molar-refractivity contribution is 0.411. The molecule has 4 heteroatoms. The van der Waals surface area contributed by atoms with Gasteiger partial charge in [-0.2, -0.15) is 0 Å². The van der Waals surface area contributed by atoms with Crippen LogP contribution < -0.4 is 10.5 Å². The number of H-pyrrole nitrogens is 1. The Hall–Kier alpha value is -1.97. The number of ether oxygens (including phenoxy) is 1. The summed E-state index contributed by atoms with van der Waals surface area (Å²) >= 11 is 0. The Morgan fingerprint density at radius 2 is 1.94 bits per heavy atom. The third-order valence-corrected chi connectivity index (χ3v) is 3.13. The highest BCUT2D eigenvalue weighted by Gasteiger charge is 2.13. The molecule has 0 aliphatic carbocycles. The summed E-state index contributed by atoms with van der Waals surface area (Å²) in [4.78, 5) is 7.10. The van der Waals surface area contributed by atoms with Crippen molar-refractivity contribution in [3.8, 4) is 17.0 Å². The van der Waals surface area contributed by atoms with Gasteiger partial charge in [-0.25, -0.2) is 4.98 Å². The SMILES string of the molecule is COc1cc(C)c(-c2cnc(N)[nH]2)c(C)c1C. The highest BCUT2D eigenvalue weighted by atomic mass is 16.5. The molecule has 0 saturated carbocycles. The van der Waals surface area contributed by atoms with Gasteiger partial charge in [-0.05, 0) is 43.5 Å². The van der Waals surface area contributed by atoms with E-state index in [1.165, 1.54) is 5.56 Å². The van der Waals surface area contributed by atoms with Crippen molar-refractivity contribution >= 4 is 5.95 Å². The first-order valence-electron chi connectivity index (χ1n) is 5.50. The van der Waals surface area contributed by atoms with E-state index in [1.54, 1.807) is 13.3 Å². The van der Waals surface area contributed by atoms with E-state index >= 15 is 0 Å². The smallest absolute Gasteiger partial charge is 0.197 e. The number of aromatic nitrogens is 2. The lowest BCUT2D eigenvalue weighted by Crippen LogP contribution is -1.96. The van der Waals surface area contributed by atoms with Gasteiger partial charge in [0.15, 0.2) is 5.95 Å². The molecule has 0 radical (unpaired) electrons. The second kappa shape index (κ2) is 4.13. The van der Waals surface area contributed by atoms with Crippen molar-refractivity contribution in [1.82, 2.24) is 9.97 Å². The Bertz CT molecular complexity index is 558. The van der Waals surface area contributed by atoms with Gasteiger partial charge in [0.1, 0.15) is 5.75 Å². The van der Waals surface area contributed by atoms with Gasteiger partial charge in [0, 0.05) is 5.56 Å². The fourth-order valence-corrected chi connectivity index (χ4v) is 2.14. The first kappa shape index (κ1) is 11.5. The molecule has 90 valence electrons. The maximum absolute atomic E-state index is 5.62. The Balaban J connectivity index is 2.66. The number of imidazole rings is 1. The summed E-state index contributed by atoms with van der Waals surface area (Å²) in [5.41, 5.74) is 11.2. The summed E-state index contributed by atoms with van der Waals surface area (Å²) in [5.74, 6) is 1.35. The minimum absolute atomic E-state index is 0.437. The van der Waals surface area contributed by atoms with Crippen molar-refractivity contribution in [2.75, 3.05) is 12.8 Å². The molecule has 2 aromatic rings. The molecule has 0 bridgehead atoms. The average molecular weight is 231 g/mol. The minimum Gasteiger partial charge on any atom is -0.496 e. The van der Waals surface area contributed by atoms with E-state index in [0.29, 0.717) is 5.95 Å². The number of rotatable bonds is 2. The van der Waals surface area contributed by atoms with Crippen LogP contribution in [0.5, 0.6) is 5.75 Å². The number of nitrogens with zero attached hydrogens (tertiary/aromatic N) is 1. The largest absolute Gasteiger partial charge is 0.496 e. The van der Waals surface area contributed by atoms with E-state index in [9.17, 15) is 0 Å². The van der Waals surface area contributed by atoms with Crippen molar-refractivity contribution in [3.63, 3.8) is 0 Å². The Labute approximate surface area is 101 Å². The monoisotopic (exact) mass is 231 g/mol. The normalized spacial score (nSPS) is 10.6. The number of hydrogen-bond acceptors (Lipinski definition) is 3. The highest BCUT2D eigenvalue weighted by Crippen LogP contribution is 2.33. The van der Waals surface area contributed by atoms with Gasteiger partial charge >= 0.3 is 0 Å². The van der Waals surface area contributed by atoms with E-state index in [2.05, 4.69) is 30.7 Å². The second-order valence-corrected chi connectivity index (χ2v) is 4.20. The van der Waals surface area contributed by atoms with Crippen molar-refractivity contribution in [1.29, 1.82) is 0 Å². The van der Waals surface area contributed by atoms with Crippen molar-refractivity contribution < 1.29 is 4.74 Å². The average Bonchev–Trinajstić information content (AvgIpc) is 2.70. The quantitative estimate of drug-likeness (QED) is 0.835. The number of aryl methyl sites for hydroxylation is 1. The van der Waals surface area contributed by atoms with Crippen LogP contribution in [0.4, 0.5) is 5.95 Å². The molecule has 1 aromatic carbocycles. The fraction of sp³-hybridized carbons (Fsp3) is 0.308. The molecule has 1 heterocycles. The van der Waals surface area contributed by atoms with Crippen LogP contribution in [0.1, 0.15) is 16.7 Å². The van der Waals surface area contributed by atoms with Crippen LogP contribution in [0.3, 0.4) is 0 Å². The third kappa shape index (κ3) is 1.86. The van der Waals surface area contributed by atoms with Gasteiger partial charge in [-0.1, -0.05) is 0 Å². The van der Waals surface area contributed by atoms with Crippen LogP contribution in [-0.2, 0) is 0 Å². The molecular weight excluding hydrogens is 214 g/mol. The van der Waals surface area contributed by atoms with E-state index in [-0.39, 0.29) is 0 Å². The maximum Gasteiger partial charge on any atom is 0.197 e. The summed E-state index contributed by atoms with van der Waals surface area (Å²) in [6.07, 6.45) is 1.76. The first-order chi connectivity index (χ1) is 8.04. The van der Waals surface area contributed by atoms with Gasteiger partial charge in [0.05, 0.1) is 19.0 Å². The maximum atomic E-state index is 5.62. The van der Waals surface area contributed by atoms with E-state index in [4.69, 9.17) is 10.5 Å². The highest BCUT2D eigenvalue weighted by molar-refractivity contribution is 5.71. The number of nitrogens with two attached hydrogens (primary N) is 1. The zero-order valence-electron chi connectivity index (χ0n) is 10.6. The molecule has 0 amide bonds. The summed E-state index contributed by atoms with van der Waals surface area (Å²) in [6, 6.07) is 2.04. The molecule has 3 N–H and O–H groups in total. The van der Waals surface area contributed by atoms with Gasteiger partial charge in [0.2, 0.25) is 0 Å². The van der Waals surface area contributed by atoms with Crippen LogP contribution >= 0.6 is 0 Å². The molecule has 17 heavy (non-hydrogen) atoms.